The van der Waals surface area contributed by atoms with Gasteiger partial charge in [-0.2, -0.15) is 0 Å². The minimum Gasteiger partial charge on any atom is -0.482 e. The molecule has 3 aromatic rings. The normalized spacial score (nSPS) is 14.9. The number of nitrogens with zero attached hydrogens (tertiary/aromatic N) is 1. The highest BCUT2D eigenvalue weighted by atomic mass is 16.5. The molecule has 32 heavy (non-hydrogen) atoms. The van der Waals surface area contributed by atoms with E-state index in [9.17, 15) is 9.59 Å². The first-order chi connectivity index (χ1) is 15.6. The highest BCUT2D eigenvalue weighted by Crippen LogP contribution is 2.35. The van der Waals surface area contributed by atoms with Crippen LogP contribution in [0.25, 0.3) is 0 Å². The van der Waals surface area contributed by atoms with E-state index in [0.29, 0.717) is 18.1 Å². The van der Waals surface area contributed by atoms with Crippen LogP contribution >= 0.6 is 0 Å². The van der Waals surface area contributed by atoms with E-state index in [-0.39, 0.29) is 12.5 Å². The zero-order chi connectivity index (χ0) is 22.3. The highest BCUT2D eigenvalue weighted by Gasteiger charge is 2.24. The van der Waals surface area contributed by atoms with E-state index in [0.717, 1.165) is 42.6 Å². The number of aliphatic carboxylic acids is 1. The average Bonchev–Trinajstić information content (AvgIpc) is 2.82. The molecule has 5 nitrogen and oxygen atoms in total. The summed E-state index contributed by atoms with van der Waals surface area (Å²) >= 11 is 0. The summed E-state index contributed by atoms with van der Waals surface area (Å²) in [5.74, 6) is 0.191. The first-order valence-corrected chi connectivity index (χ1v) is 11.0. The van der Waals surface area contributed by atoms with Crippen molar-refractivity contribution in [1.82, 2.24) is 0 Å². The number of ether oxygens (including phenoxy) is 1. The standard InChI is InChI=1S/C27H27NO4/c29-26(28(22-9-3-1-4-10-22)23-11-5-2-6-12-23)17-15-20-14-16-24-21(18-20)8-7-13-25(24)32-19-27(30)31/h1-13,20H,14-19H2,(H,30,31). The second kappa shape index (κ2) is 10.1. The molecule has 5 heteroatoms. The molecule has 0 saturated carbocycles. The number of para-hydroxylation sites is 2. The van der Waals surface area contributed by atoms with Crippen molar-refractivity contribution in [3.05, 3.63) is 90.0 Å². The number of anilines is 2. The number of carbonyl (C=O) groups excluding carboxylic acids is 1. The molecule has 0 aliphatic heterocycles. The molecular formula is C27H27NO4. The maximum Gasteiger partial charge on any atom is 0.341 e. The molecule has 0 aromatic heterocycles. The van der Waals surface area contributed by atoms with E-state index in [1.807, 2.05) is 72.8 Å². The summed E-state index contributed by atoms with van der Waals surface area (Å²) in [7, 11) is 0. The molecule has 1 amide bonds. The Morgan fingerprint density at radius 3 is 2.19 bits per heavy atom. The fourth-order valence-corrected chi connectivity index (χ4v) is 4.40. The summed E-state index contributed by atoms with van der Waals surface area (Å²) in [6.07, 6.45) is 3.96. The highest BCUT2D eigenvalue weighted by molar-refractivity contribution is 6.00. The lowest BCUT2D eigenvalue weighted by Gasteiger charge is -2.27. The Morgan fingerprint density at radius 1 is 0.906 bits per heavy atom. The summed E-state index contributed by atoms with van der Waals surface area (Å²) in [5.41, 5.74) is 4.04. The van der Waals surface area contributed by atoms with Gasteiger partial charge in [0.25, 0.3) is 0 Å². The molecule has 0 saturated heterocycles. The van der Waals surface area contributed by atoms with Crippen molar-refractivity contribution in [2.75, 3.05) is 11.5 Å². The molecule has 1 aliphatic rings. The van der Waals surface area contributed by atoms with E-state index in [4.69, 9.17) is 9.84 Å². The number of benzene rings is 3. The predicted molar refractivity (Wildman–Crippen MR) is 124 cm³/mol. The van der Waals surface area contributed by atoms with Crippen molar-refractivity contribution in [2.24, 2.45) is 5.92 Å². The van der Waals surface area contributed by atoms with Crippen molar-refractivity contribution in [3.63, 3.8) is 0 Å². The summed E-state index contributed by atoms with van der Waals surface area (Å²) < 4.78 is 5.47. The van der Waals surface area contributed by atoms with E-state index < -0.39 is 5.97 Å². The van der Waals surface area contributed by atoms with Crippen LogP contribution in [-0.4, -0.2) is 23.6 Å². The third-order valence-electron chi connectivity index (χ3n) is 5.94. The lowest BCUT2D eigenvalue weighted by atomic mass is 9.81. The average molecular weight is 430 g/mol. The van der Waals surface area contributed by atoms with Crippen LogP contribution in [0.1, 0.15) is 30.4 Å². The van der Waals surface area contributed by atoms with Gasteiger partial charge in [-0.15, -0.1) is 0 Å². The molecule has 0 radical (unpaired) electrons. The lowest BCUT2D eigenvalue weighted by molar-refractivity contribution is -0.139. The third-order valence-corrected chi connectivity index (χ3v) is 5.94. The number of hydrogen-bond acceptors (Lipinski definition) is 3. The molecule has 0 spiro atoms. The molecule has 1 atom stereocenters. The van der Waals surface area contributed by atoms with E-state index >= 15 is 0 Å². The monoisotopic (exact) mass is 429 g/mol. The minimum absolute atomic E-state index is 0.0896. The molecule has 0 heterocycles. The number of carboxylic acids is 1. The van der Waals surface area contributed by atoms with Crippen molar-refractivity contribution in [2.45, 2.75) is 32.1 Å². The first-order valence-electron chi connectivity index (χ1n) is 11.0. The second-order valence-electron chi connectivity index (χ2n) is 8.12. The van der Waals surface area contributed by atoms with Crippen LogP contribution in [0.15, 0.2) is 78.9 Å². The van der Waals surface area contributed by atoms with Gasteiger partial charge in [-0.3, -0.25) is 9.69 Å². The Labute approximate surface area is 188 Å². The Morgan fingerprint density at radius 2 is 1.56 bits per heavy atom. The number of amides is 1. The maximum absolute atomic E-state index is 13.3. The first kappa shape index (κ1) is 21.6. The fourth-order valence-electron chi connectivity index (χ4n) is 4.40. The molecule has 1 aliphatic carbocycles. The van der Waals surface area contributed by atoms with Crippen LogP contribution in [0.2, 0.25) is 0 Å². The quantitative estimate of drug-likeness (QED) is 0.521. The van der Waals surface area contributed by atoms with Gasteiger partial charge in [0.05, 0.1) is 0 Å². The lowest BCUT2D eigenvalue weighted by Crippen LogP contribution is -2.27. The third kappa shape index (κ3) is 5.17. The van der Waals surface area contributed by atoms with E-state index in [1.165, 1.54) is 5.56 Å². The van der Waals surface area contributed by atoms with Crippen LogP contribution in [-0.2, 0) is 22.4 Å². The summed E-state index contributed by atoms with van der Waals surface area (Å²) in [4.78, 5) is 25.9. The smallest absolute Gasteiger partial charge is 0.341 e. The van der Waals surface area contributed by atoms with Crippen molar-refractivity contribution < 1.29 is 19.4 Å². The largest absolute Gasteiger partial charge is 0.482 e. The molecule has 1 unspecified atom stereocenters. The van der Waals surface area contributed by atoms with Crippen molar-refractivity contribution in [3.8, 4) is 5.75 Å². The summed E-state index contributed by atoms with van der Waals surface area (Å²) in [6, 6.07) is 25.3. The van der Waals surface area contributed by atoms with Gasteiger partial charge in [-0.1, -0.05) is 48.5 Å². The van der Waals surface area contributed by atoms with E-state index in [2.05, 4.69) is 6.07 Å². The second-order valence-corrected chi connectivity index (χ2v) is 8.12. The number of rotatable bonds is 8. The van der Waals surface area contributed by atoms with Gasteiger partial charge in [-0.05, 0) is 73.1 Å². The molecule has 0 fully saturated rings. The van der Waals surface area contributed by atoms with Gasteiger partial charge in [0.15, 0.2) is 6.61 Å². The van der Waals surface area contributed by atoms with Crippen LogP contribution in [0.3, 0.4) is 0 Å². The maximum atomic E-state index is 13.3. The van der Waals surface area contributed by atoms with E-state index in [1.54, 1.807) is 4.90 Å². The summed E-state index contributed by atoms with van der Waals surface area (Å²) in [5, 5.41) is 8.89. The Balaban J connectivity index is 1.43. The molecule has 3 aromatic carbocycles. The fraction of sp³-hybridized carbons (Fsp3) is 0.259. The van der Waals surface area contributed by atoms with Crippen LogP contribution < -0.4 is 9.64 Å². The molecule has 4 rings (SSSR count). The van der Waals surface area contributed by atoms with Gasteiger partial charge in [0.2, 0.25) is 5.91 Å². The topological polar surface area (TPSA) is 66.8 Å². The molecule has 1 N–H and O–H groups in total. The predicted octanol–water partition coefficient (Wildman–Crippen LogP) is 5.40. The Hall–Kier alpha value is -3.60. The zero-order valence-corrected chi connectivity index (χ0v) is 17.9. The van der Waals surface area contributed by atoms with Gasteiger partial charge in [-0.25, -0.2) is 4.79 Å². The zero-order valence-electron chi connectivity index (χ0n) is 17.9. The van der Waals surface area contributed by atoms with Gasteiger partial charge < -0.3 is 9.84 Å². The molecule has 164 valence electrons. The van der Waals surface area contributed by atoms with Crippen LogP contribution in [0.5, 0.6) is 5.75 Å². The summed E-state index contributed by atoms with van der Waals surface area (Å²) in [6.45, 7) is -0.330. The minimum atomic E-state index is -0.976. The number of hydrogen-bond donors (Lipinski definition) is 1. The Kier molecular flexibility index (Phi) is 6.85. The van der Waals surface area contributed by atoms with Gasteiger partial charge in [0.1, 0.15) is 5.75 Å². The van der Waals surface area contributed by atoms with Gasteiger partial charge >= 0.3 is 5.97 Å². The molecular weight excluding hydrogens is 402 g/mol. The van der Waals surface area contributed by atoms with Crippen molar-refractivity contribution >= 4 is 23.3 Å². The van der Waals surface area contributed by atoms with Gasteiger partial charge in [0, 0.05) is 17.8 Å². The molecule has 0 bridgehead atoms. The van der Waals surface area contributed by atoms with Crippen molar-refractivity contribution in [1.29, 1.82) is 0 Å². The van der Waals surface area contributed by atoms with Crippen LogP contribution in [0.4, 0.5) is 11.4 Å². The van der Waals surface area contributed by atoms with Crippen LogP contribution in [0, 0.1) is 5.92 Å². The number of carbonyl (C=O) groups is 2. The SMILES string of the molecule is O=C(O)COc1cccc2c1CCC(CCC(=O)N(c1ccccc1)c1ccccc1)C2. The number of carboxylic acid groups (broad SMARTS) is 1. The Bertz CT molecular complexity index is 1030. The number of fused-ring (bicyclic) bond motifs is 1.